The van der Waals surface area contributed by atoms with Gasteiger partial charge in [0.25, 0.3) is 0 Å². The first kappa shape index (κ1) is 20.4. The van der Waals surface area contributed by atoms with Crippen molar-refractivity contribution in [2.24, 2.45) is 0 Å². The van der Waals surface area contributed by atoms with Crippen LogP contribution in [-0.4, -0.2) is 26.9 Å². The number of hydrogen-bond acceptors (Lipinski definition) is 2. The van der Waals surface area contributed by atoms with E-state index in [1.54, 1.807) is 12.4 Å². The number of rotatable bonds is 5. The van der Waals surface area contributed by atoms with Crippen LogP contribution in [0.3, 0.4) is 0 Å². The molecule has 1 heterocycles. The van der Waals surface area contributed by atoms with Crippen molar-refractivity contribution in [3.8, 4) is 11.3 Å². The normalized spacial score (nSPS) is 11.9. The van der Waals surface area contributed by atoms with Gasteiger partial charge in [0.1, 0.15) is 0 Å². The SMILES string of the molecule is CC(C)[P+](c1cc[c-]c(-c2cnccn2)c1)(C(C)C)C(C)C.[Ir]. The van der Waals surface area contributed by atoms with Crippen molar-refractivity contribution in [3.05, 3.63) is 42.9 Å². The topological polar surface area (TPSA) is 25.8 Å². The third-order valence-corrected chi connectivity index (χ3v) is 10.9. The summed E-state index contributed by atoms with van der Waals surface area (Å²) in [7, 11) is -1.28. The van der Waals surface area contributed by atoms with Crippen LogP contribution in [0, 0.1) is 6.07 Å². The molecule has 0 N–H and O–H groups in total. The summed E-state index contributed by atoms with van der Waals surface area (Å²) in [6.07, 6.45) is 5.27. The molecule has 0 spiro atoms. The van der Waals surface area contributed by atoms with Gasteiger partial charge in [-0.25, -0.2) is 0 Å². The molecule has 0 fully saturated rings. The van der Waals surface area contributed by atoms with E-state index in [4.69, 9.17) is 0 Å². The van der Waals surface area contributed by atoms with Gasteiger partial charge in [0.05, 0.1) is 17.0 Å². The molecule has 0 saturated heterocycles. The zero-order chi connectivity index (χ0) is 16.3. The minimum absolute atomic E-state index is 0. The molecule has 127 valence electrons. The smallest absolute Gasteiger partial charge is 0.0677 e. The van der Waals surface area contributed by atoms with Crippen molar-refractivity contribution in [2.45, 2.75) is 58.5 Å². The van der Waals surface area contributed by atoms with Crippen LogP contribution in [0.2, 0.25) is 0 Å². The van der Waals surface area contributed by atoms with Crippen LogP contribution in [0.15, 0.2) is 36.8 Å². The van der Waals surface area contributed by atoms with E-state index in [0.717, 1.165) is 11.3 Å². The molecule has 0 bridgehead atoms. The van der Waals surface area contributed by atoms with Crippen molar-refractivity contribution >= 4 is 12.6 Å². The van der Waals surface area contributed by atoms with Crippen LogP contribution in [0.4, 0.5) is 0 Å². The summed E-state index contributed by atoms with van der Waals surface area (Å²) in [6, 6.07) is 9.96. The van der Waals surface area contributed by atoms with Crippen molar-refractivity contribution in [2.75, 3.05) is 0 Å². The van der Waals surface area contributed by atoms with Gasteiger partial charge in [-0.2, -0.15) is 0 Å². The van der Waals surface area contributed by atoms with Gasteiger partial charge in [0, 0.05) is 57.0 Å². The Morgan fingerprint density at radius 1 is 0.957 bits per heavy atom. The number of benzene rings is 1. The molecule has 2 nitrogen and oxygen atoms in total. The van der Waals surface area contributed by atoms with Crippen LogP contribution in [0.25, 0.3) is 11.3 Å². The van der Waals surface area contributed by atoms with Gasteiger partial charge in [-0.3, -0.25) is 4.98 Å². The second-order valence-electron chi connectivity index (χ2n) is 6.67. The Hall–Kier alpha value is -0.621. The Labute approximate surface area is 155 Å². The van der Waals surface area contributed by atoms with Gasteiger partial charge in [0.15, 0.2) is 0 Å². The molecule has 2 rings (SSSR count). The number of aromatic nitrogens is 2. The summed E-state index contributed by atoms with van der Waals surface area (Å²) in [5, 5.41) is 1.49. The fourth-order valence-corrected chi connectivity index (χ4v) is 10.0. The third-order valence-electron chi connectivity index (χ3n) is 4.63. The molecule has 4 heteroatoms. The van der Waals surface area contributed by atoms with E-state index < -0.39 is 7.26 Å². The second-order valence-corrected chi connectivity index (χ2v) is 12.0. The number of nitrogens with zero attached hydrogens (tertiary/aromatic N) is 2. The van der Waals surface area contributed by atoms with Crippen LogP contribution in [0.1, 0.15) is 41.5 Å². The van der Waals surface area contributed by atoms with Gasteiger partial charge in [-0.15, -0.1) is 29.8 Å². The fourth-order valence-electron chi connectivity index (χ4n) is 3.96. The molecule has 1 aromatic carbocycles. The van der Waals surface area contributed by atoms with Crippen LogP contribution in [-0.2, 0) is 20.1 Å². The molecule has 0 atom stereocenters. The molecular weight excluding hydrogens is 479 g/mol. The summed E-state index contributed by atoms with van der Waals surface area (Å²) < 4.78 is 0. The zero-order valence-electron chi connectivity index (χ0n) is 14.9. The standard InChI is InChI=1S/C19H27N2P.Ir/c1-14(2)22(15(3)4,16(5)6)18-9-7-8-17(12-18)19-13-20-10-11-21-19;/h7,9-16H,1-6H3;. The largest absolute Gasteiger partial charge is 0.302 e. The molecule has 1 aromatic heterocycles. The van der Waals surface area contributed by atoms with E-state index in [-0.39, 0.29) is 20.1 Å². The monoisotopic (exact) mass is 507 g/mol. The van der Waals surface area contributed by atoms with Gasteiger partial charge in [-0.1, -0.05) is 0 Å². The summed E-state index contributed by atoms with van der Waals surface area (Å²) in [5.74, 6) is 0. The van der Waals surface area contributed by atoms with Crippen molar-refractivity contribution in [1.82, 2.24) is 9.97 Å². The van der Waals surface area contributed by atoms with Gasteiger partial charge >= 0.3 is 0 Å². The molecule has 0 unspecified atom stereocenters. The Morgan fingerprint density at radius 2 is 1.57 bits per heavy atom. The predicted molar refractivity (Wildman–Crippen MR) is 98.3 cm³/mol. The predicted octanol–water partition coefficient (Wildman–Crippen LogP) is 4.81. The van der Waals surface area contributed by atoms with E-state index in [0.29, 0.717) is 17.0 Å². The van der Waals surface area contributed by atoms with E-state index in [2.05, 4.69) is 75.8 Å². The Bertz CT molecular complexity index is 590. The molecule has 23 heavy (non-hydrogen) atoms. The van der Waals surface area contributed by atoms with Gasteiger partial charge in [0.2, 0.25) is 0 Å². The third kappa shape index (κ3) is 3.90. The van der Waals surface area contributed by atoms with E-state index in [9.17, 15) is 0 Å². The summed E-state index contributed by atoms with van der Waals surface area (Å²) >= 11 is 0. The molecule has 0 amide bonds. The van der Waals surface area contributed by atoms with Crippen molar-refractivity contribution in [3.63, 3.8) is 0 Å². The van der Waals surface area contributed by atoms with E-state index >= 15 is 0 Å². The maximum atomic E-state index is 4.43. The Morgan fingerprint density at radius 3 is 2.04 bits per heavy atom. The number of hydrogen-bond donors (Lipinski definition) is 0. The quantitative estimate of drug-likeness (QED) is 0.430. The Balaban J connectivity index is 0.00000264. The molecule has 0 aliphatic rings. The average molecular weight is 507 g/mol. The minimum atomic E-state index is -1.28. The second kappa shape index (κ2) is 8.47. The minimum Gasteiger partial charge on any atom is -0.302 e. The van der Waals surface area contributed by atoms with Crippen molar-refractivity contribution in [1.29, 1.82) is 0 Å². The van der Waals surface area contributed by atoms with Crippen LogP contribution in [0.5, 0.6) is 0 Å². The maximum absolute atomic E-state index is 4.43. The molecule has 0 aliphatic carbocycles. The van der Waals surface area contributed by atoms with Crippen LogP contribution >= 0.6 is 7.26 Å². The van der Waals surface area contributed by atoms with Crippen molar-refractivity contribution < 1.29 is 20.1 Å². The van der Waals surface area contributed by atoms with E-state index in [1.807, 2.05) is 6.20 Å². The first-order valence-corrected chi connectivity index (χ1v) is 10.1. The molecule has 2 aromatic rings. The van der Waals surface area contributed by atoms with E-state index in [1.165, 1.54) is 5.30 Å². The molecule has 1 radical (unpaired) electrons. The zero-order valence-corrected chi connectivity index (χ0v) is 18.2. The first-order valence-electron chi connectivity index (χ1n) is 8.07. The average Bonchev–Trinajstić information content (AvgIpc) is 2.48. The maximum Gasteiger partial charge on any atom is 0.0677 e. The molecular formula is C19H27IrN2P. The van der Waals surface area contributed by atoms with Gasteiger partial charge in [-0.05, 0) is 41.5 Å². The summed E-state index contributed by atoms with van der Waals surface area (Å²) in [5.41, 5.74) is 3.97. The fraction of sp³-hybridized carbons (Fsp3) is 0.474. The first-order chi connectivity index (χ1) is 10.4. The molecule has 0 aliphatic heterocycles. The molecule has 0 saturated carbocycles. The van der Waals surface area contributed by atoms with Gasteiger partial charge < -0.3 is 4.98 Å². The van der Waals surface area contributed by atoms with Crippen LogP contribution < -0.4 is 5.30 Å². The Kier molecular flexibility index (Phi) is 7.52. The summed E-state index contributed by atoms with van der Waals surface area (Å²) in [4.78, 5) is 8.61. The summed E-state index contributed by atoms with van der Waals surface area (Å²) in [6.45, 7) is 14.3.